The molecule has 1 aromatic carbocycles. The summed E-state index contributed by atoms with van der Waals surface area (Å²) in [6.07, 6.45) is -6.93. The minimum atomic E-state index is -5.08. The van der Waals surface area contributed by atoms with Crippen LogP contribution in [0.3, 0.4) is 0 Å². The quantitative estimate of drug-likeness (QED) is 0.623. The van der Waals surface area contributed by atoms with Gasteiger partial charge in [0.2, 0.25) is 0 Å². The standard InChI is InChI=1S/C15H17F3N4O.C2HF3O2/c16-15(17,18)14(21-22-14)11-3-1-2-10(7-11)13(23)20-8-9-4-5-12(19)6-9;3-2(4,5)1(6)7/h1-3,7,9,12H,4-6,8,19H2,(H,20,23);(H,6,7)/t9-,12+;/m0./s1. The third-order valence-electron chi connectivity index (χ3n) is 4.60. The van der Waals surface area contributed by atoms with Crippen LogP contribution in [0.2, 0.25) is 0 Å². The van der Waals surface area contributed by atoms with Gasteiger partial charge in [-0.05, 0) is 37.3 Å². The lowest BCUT2D eigenvalue weighted by Crippen LogP contribution is -2.31. The Morgan fingerprint density at radius 1 is 1.17 bits per heavy atom. The Morgan fingerprint density at radius 3 is 2.20 bits per heavy atom. The number of hydrogen-bond donors (Lipinski definition) is 3. The predicted octanol–water partition coefficient (Wildman–Crippen LogP) is 3.36. The lowest BCUT2D eigenvalue weighted by atomic mass is 10.00. The number of nitrogens with one attached hydrogen (secondary N) is 1. The summed E-state index contributed by atoms with van der Waals surface area (Å²) < 4.78 is 70.7. The van der Waals surface area contributed by atoms with Gasteiger partial charge in [-0.25, -0.2) is 4.79 Å². The van der Waals surface area contributed by atoms with E-state index in [1.807, 2.05) is 0 Å². The molecule has 1 heterocycles. The highest BCUT2D eigenvalue weighted by molar-refractivity contribution is 5.94. The fraction of sp³-hybridized carbons (Fsp3) is 0.529. The summed E-state index contributed by atoms with van der Waals surface area (Å²) in [5.74, 6) is -2.83. The molecular formula is C17H18F6N4O3. The van der Waals surface area contributed by atoms with Crippen molar-refractivity contribution in [2.75, 3.05) is 6.54 Å². The molecule has 0 bridgehead atoms. The maximum Gasteiger partial charge on any atom is 0.490 e. The summed E-state index contributed by atoms with van der Waals surface area (Å²) in [4.78, 5) is 21.0. The van der Waals surface area contributed by atoms with Crippen LogP contribution in [-0.2, 0) is 10.5 Å². The summed E-state index contributed by atoms with van der Waals surface area (Å²) in [6.45, 7) is 0.482. The van der Waals surface area contributed by atoms with Gasteiger partial charge in [-0.2, -0.15) is 26.3 Å². The summed E-state index contributed by atoms with van der Waals surface area (Å²) in [5, 5.41) is 16.2. The molecule has 0 aromatic heterocycles. The van der Waals surface area contributed by atoms with Crippen molar-refractivity contribution in [3.8, 4) is 0 Å². The minimum absolute atomic E-state index is 0.138. The number of benzene rings is 1. The molecule has 3 rings (SSSR count). The van der Waals surface area contributed by atoms with E-state index in [1.165, 1.54) is 24.3 Å². The molecule has 4 N–H and O–H groups in total. The fourth-order valence-corrected chi connectivity index (χ4v) is 2.96. The van der Waals surface area contributed by atoms with Crippen LogP contribution in [0.25, 0.3) is 0 Å². The lowest BCUT2D eigenvalue weighted by Gasteiger charge is -2.16. The number of carboxylic acid groups (broad SMARTS) is 1. The van der Waals surface area contributed by atoms with Gasteiger partial charge in [-0.1, -0.05) is 12.1 Å². The van der Waals surface area contributed by atoms with Crippen molar-refractivity contribution in [3.05, 3.63) is 35.4 Å². The number of amides is 1. The summed E-state index contributed by atoms with van der Waals surface area (Å²) >= 11 is 0. The van der Waals surface area contributed by atoms with E-state index in [0.29, 0.717) is 12.5 Å². The number of carbonyl (C=O) groups excluding carboxylic acids is 1. The van der Waals surface area contributed by atoms with Gasteiger partial charge in [0.15, 0.2) is 0 Å². The van der Waals surface area contributed by atoms with Gasteiger partial charge >= 0.3 is 24.0 Å². The highest BCUT2D eigenvalue weighted by atomic mass is 19.4. The first-order chi connectivity index (χ1) is 13.8. The molecule has 30 heavy (non-hydrogen) atoms. The Balaban J connectivity index is 0.000000396. The Morgan fingerprint density at radius 2 is 1.77 bits per heavy atom. The van der Waals surface area contributed by atoms with Crippen LogP contribution in [0.5, 0.6) is 0 Å². The SMILES string of the molecule is N[C@@H]1CC[C@H](CNC(=O)c2cccc(C3(C(F)(F)F)N=N3)c2)C1.O=C(O)C(F)(F)F. The van der Waals surface area contributed by atoms with E-state index in [9.17, 15) is 31.1 Å². The van der Waals surface area contributed by atoms with Crippen molar-refractivity contribution in [2.45, 2.75) is 43.3 Å². The second-order valence-electron chi connectivity index (χ2n) is 6.90. The van der Waals surface area contributed by atoms with E-state index >= 15 is 0 Å². The number of rotatable bonds is 4. The number of nitrogens with zero attached hydrogens (tertiary/aromatic N) is 2. The van der Waals surface area contributed by atoms with Crippen molar-refractivity contribution in [1.29, 1.82) is 0 Å². The second kappa shape index (κ2) is 8.58. The van der Waals surface area contributed by atoms with Gasteiger partial charge in [-0.3, -0.25) is 4.79 Å². The number of carboxylic acids is 1. The Hall–Kier alpha value is -2.70. The molecule has 0 unspecified atom stereocenters. The molecule has 2 aliphatic rings. The molecule has 1 fully saturated rings. The fourth-order valence-electron chi connectivity index (χ4n) is 2.96. The Labute approximate surface area is 166 Å². The largest absolute Gasteiger partial charge is 0.490 e. The predicted molar refractivity (Wildman–Crippen MR) is 90.4 cm³/mol. The van der Waals surface area contributed by atoms with Crippen molar-refractivity contribution in [2.24, 2.45) is 21.9 Å². The average molecular weight is 440 g/mol. The van der Waals surface area contributed by atoms with Crippen LogP contribution in [-0.4, -0.2) is 41.9 Å². The maximum atomic E-state index is 13.0. The normalized spacial score (nSPS) is 22.1. The first-order valence-electron chi connectivity index (χ1n) is 8.71. The molecule has 1 aliphatic carbocycles. The lowest BCUT2D eigenvalue weighted by molar-refractivity contribution is -0.192. The van der Waals surface area contributed by atoms with Gasteiger partial charge in [-0.15, -0.1) is 10.2 Å². The third kappa shape index (κ3) is 5.68. The topological polar surface area (TPSA) is 117 Å². The van der Waals surface area contributed by atoms with E-state index in [2.05, 4.69) is 15.5 Å². The molecule has 1 aromatic rings. The number of nitrogens with two attached hydrogens (primary N) is 1. The highest BCUT2D eigenvalue weighted by Gasteiger charge is 2.65. The summed E-state index contributed by atoms with van der Waals surface area (Å²) in [7, 11) is 0. The molecule has 1 saturated carbocycles. The highest BCUT2D eigenvalue weighted by Crippen LogP contribution is 2.52. The van der Waals surface area contributed by atoms with Gasteiger partial charge in [0.1, 0.15) is 0 Å². The monoisotopic (exact) mass is 440 g/mol. The summed E-state index contributed by atoms with van der Waals surface area (Å²) in [6, 6.07) is 5.53. The molecule has 13 heteroatoms. The minimum Gasteiger partial charge on any atom is -0.475 e. The van der Waals surface area contributed by atoms with Crippen LogP contribution < -0.4 is 11.1 Å². The molecule has 0 saturated heterocycles. The molecule has 0 radical (unpaired) electrons. The zero-order valence-electron chi connectivity index (χ0n) is 15.3. The molecule has 0 spiro atoms. The number of aliphatic carboxylic acids is 1. The van der Waals surface area contributed by atoms with E-state index in [0.717, 1.165) is 19.3 Å². The van der Waals surface area contributed by atoms with Crippen LogP contribution in [0, 0.1) is 5.92 Å². The van der Waals surface area contributed by atoms with Crippen LogP contribution in [0.1, 0.15) is 35.2 Å². The molecule has 1 amide bonds. The third-order valence-corrected chi connectivity index (χ3v) is 4.60. The number of carbonyl (C=O) groups is 2. The van der Waals surface area contributed by atoms with Crippen molar-refractivity contribution in [1.82, 2.24) is 5.32 Å². The van der Waals surface area contributed by atoms with Crippen molar-refractivity contribution < 1.29 is 41.0 Å². The number of hydrogen-bond acceptors (Lipinski definition) is 5. The molecule has 2 atom stereocenters. The van der Waals surface area contributed by atoms with E-state index in [1.54, 1.807) is 0 Å². The molecule has 1 aliphatic heterocycles. The molecule has 7 nitrogen and oxygen atoms in total. The second-order valence-corrected chi connectivity index (χ2v) is 6.90. The van der Waals surface area contributed by atoms with Gasteiger partial charge in [0.05, 0.1) is 0 Å². The van der Waals surface area contributed by atoms with Gasteiger partial charge in [0.25, 0.3) is 5.91 Å². The number of halogens is 6. The van der Waals surface area contributed by atoms with Crippen LogP contribution in [0.4, 0.5) is 26.3 Å². The van der Waals surface area contributed by atoms with Crippen LogP contribution in [0.15, 0.2) is 34.5 Å². The van der Waals surface area contributed by atoms with Crippen molar-refractivity contribution in [3.63, 3.8) is 0 Å². The number of alkyl halides is 6. The first kappa shape index (κ1) is 23.6. The zero-order valence-corrected chi connectivity index (χ0v) is 15.3. The zero-order chi connectivity index (χ0) is 22.7. The van der Waals surface area contributed by atoms with Gasteiger partial charge < -0.3 is 16.2 Å². The van der Waals surface area contributed by atoms with E-state index in [4.69, 9.17) is 15.6 Å². The Kier molecular flexibility index (Phi) is 6.74. The summed E-state index contributed by atoms with van der Waals surface area (Å²) in [5.41, 5.74) is 3.35. The van der Waals surface area contributed by atoms with Crippen molar-refractivity contribution >= 4 is 11.9 Å². The average Bonchev–Trinajstić information content (AvgIpc) is 3.37. The van der Waals surface area contributed by atoms with Gasteiger partial charge in [0, 0.05) is 23.7 Å². The maximum absolute atomic E-state index is 13.0. The Bertz CT molecular complexity index is 818. The smallest absolute Gasteiger partial charge is 0.475 e. The molecule has 166 valence electrons. The van der Waals surface area contributed by atoms with Crippen LogP contribution >= 0.6 is 0 Å². The first-order valence-corrected chi connectivity index (χ1v) is 8.71. The van der Waals surface area contributed by atoms with E-state index in [-0.39, 0.29) is 17.2 Å². The molecular weight excluding hydrogens is 422 g/mol. The van der Waals surface area contributed by atoms with E-state index < -0.39 is 29.9 Å².